The molecule has 2 fully saturated rings. The average molecular weight is 606 g/mol. The lowest BCUT2D eigenvalue weighted by Crippen LogP contribution is -2.62. The first-order chi connectivity index (χ1) is 20.6. The summed E-state index contributed by atoms with van der Waals surface area (Å²) in [5, 5.41) is 7.70. The molecule has 0 bridgehead atoms. The van der Waals surface area contributed by atoms with Gasteiger partial charge < -0.3 is 25.2 Å². The molecule has 43 heavy (non-hydrogen) atoms. The summed E-state index contributed by atoms with van der Waals surface area (Å²) in [5.41, 5.74) is 0.522. The Hall–Kier alpha value is -4.59. The van der Waals surface area contributed by atoms with E-state index >= 15 is 0 Å². The van der Waals surface area contributed by atoms with E-state index in [1.807, 2.05) is 30.3 Å². The number of para-hydroxylation sites is 2. The number of hydrogen-bond donors (Lipinski definition) is 5. The maximum Gasteiger partial charge on any atom is 0.322 e. The molecule has 3 heterocycles. The summed E-state index contributed by atoms with van der Waals surface area (Å²) in [7, 11) is -2.82. The predicted molar refractivity (Wildman–Crippen MR) is 159 cm³/mol. The van der Waals surface area contributed by atoms with E-state index in [2.05, 4.69) is 20.9 Å². The summed E-state index contributed by atoms with van der Waals surface area (Å²) in [6, 6.07) is 21.5. The number of carbonyl (C=O) groups is 4. The Morgan fingerprint density at radius 3 is 2.44 bits per heavy atom. The van der Waals surface area contributed by atoms with Crippen LogP contribution >= 0.6 is 10.6 Å². The molecule has 5 N–H and O–H groups in total. The van der Waals surface area contributed by atoms with E-state index in [4.69, 9.17) is 4.74 Å². The number of fused-ring (bicyclic) bond motifs is 1. The summed E-state index contributed by atoms with van der Waals surface area (Å²) in [5.74, 6) is -0.701. The first-order valence-corrected chi connectivity index (χ1v) is 15.5. The van der Waals surface area contributed by atoms with Crippen LogP contribution in [0.4, 0.5) is 10.5 Å². The molecule has 3 aliphatic heterocycles. The van der Waals surface area contributed by atoms with Crippen LogP contribution in [-0.2, 0) is 16.1 Å². The third-order valence-corrected chi connectivity index (χ3v) is 9.77. The molecule has 3 aromatic rings. The van der Waals surface area contributed by atoms with E-state index < -0.39 is 40.0 Å². The SMILES string of the molecule is O=C1NC(=O)C2(CN(C(=O)COc3ccccc3)CC2NC(=O)c2ccc(CN3CCS(O)(O)c4ccccc43)cc2)N1. The van der Waals surface area contributed by atoms with Crippen LogP contribution in [0.2, 0.25) is 0 Å². The van der Waals surface area contributed by atoms with Crippen LogP contribution in [0.1, 0.15) is 15.9 Å². The number of amides is 5. The van der Waals surface area contributed by atoms with E-state index in [1.165, 1.54) is 4.90 Å². The van der Waals surface area contributed by atoms with Gasteiger partial charge in [-0.1, -0.05) is 42.5 Å². The van der Waals surface area contributed by atoms with Crippen LogP contribution in [0.3, 0.4) is 0 Å². The lowest BCUT2D eigenvalue weighted by Gasteiger charge is -2.43. The van der Waals surface area contributed by atoms with Crippen LogP contribution < -0.4 is 25.6 Å². The Kier molecular flexibility index (Phi) is 7.46. The van der Waals surface area contributed by atoms with Gasteiger partial charge in [0.2, 0.25) is 0 Å². The van der Waals surface area contributed by atoms with E-state index in [-0.39, 0.29) is 31.4 Å². The Bertz CT molecular complexity index is 1570. The molecule has 0 aromatic heterocycles. The molecule has 2 unspecified atom stereocenters. The molecule has 224 valence electrons. The number of nitrogens with one attached hydrogen (secondary N) is 3. The number of hydrogen-bond acceptors (Lipinski definition) is 8. The van der Waals surface area contributed by atoms with Crippen molar-refractivity contribution in [2.75, 3.05) is 36.9 Å². The number of nitrogens with zero attached hydrogens (tertiary/aromatic N) is 2. The quantitative estimate of drug-likeness (QED) is 0.257. The van der Waals surface area contributed by atoms with Gasteiger partial charge in [-0.15, -0.1) is 0 Å². The topological polar surface area (TPSA) is 161 Å². The van der Waals surface area contributed by atoms with Crippen LogP contribution in [0.5, 0.6) is 5.75 Å². The third-order valence-electron chi connectivity index (χ3n) is 7.96. The van der Waals surface area contributed by atoms with E-state index in [0.717, 1.165) is 11.3 Å². The third kappa shape index (κ3) is 5.61. The summed E-state index contributed by atoms with van der Waals surface area (Å²) < 4.78 is 26.5. The highest BCUT2D eigenvalue weighted by Gasteiger charge is 2.58. The van der Waals surface area contributed by atoms with Crippen LogP contribution in [-0.4, -0.2) is 81.3 Å². The molecule has 6 rings (SSSR count). The number of ether oxygens (including phenoxy) is 1. The summed E-state index contributed by atoms with van der Waals surface area (Å²) in [6.07, 6.45) is 0. The number of rotatable bonds is 7. The van der Waals surface area contributed by atoms with Gasteiger partial charge in [-0.2, -0.15) is 10.6 Å². The zero-order valence-electron chi connectivity index (χ0n) is 23.1. The van der Waals surface area contributed by atoms with Crippen molar-refractivity contribution < 1.29 is 33.0 Å². The van der Waals surface area contributed by atoms with Gasteiger partial charge in [0.05, 0.1) is 28.9 Å². The Balaban J connectivity index is 1.13. The fourth-order valence-electron chi connectivity index (χ4n) is 5.68. The molecule has 2 atom stereocenters. The zero-order valence-corrected chi connectivity index (χ0v) is 23.9. The van der Waals surface area contributed by atoms with Crippen molar-refractivity contribution in [1.29, 1.82) is 0 Å². The molecule has 3 aromatic carbocycles. The summed E-state index contributed by atoms with van der Waals surface area (Å²) >= 11 is 0. The second-order valence-corrected chi connectivity index (χ2v) is 12.9. The van der Waals surface area contributed by atoms with Gasteiger partial charge in [-0.25, -0.2) is 4.79 Å². The van der Waals surface area contributed by atoms with Gasteiger partial charge in [0.15, 0.2) is 12.1 Å². The second kappa shape index (κ2) is 11.2. The van der Waals surface area contributed by atoms with Crippen LogP contribution in [0.15, 0.2) is 83.8 Å². The summed E-state index contributed by atoms with van der Waals surface area (Å²) in [6.45, 7) is 0.604. The van der Waals surface area contributed by atoms with Crippen molar-refractivity contribution in [3.63, 3.8) is 0 Å². The van der Waals surface area contributed by atoms with Gasteiger partial charge in [0, 0.05) is 25.2 Å². The first-order valence-electron chi connectivity index (χ1n) is 13.7. The standard InChI is InChI=1S/C30H31N5O7S/c36-26(18-42-22-6-2-1-3-7-22)35-17-25(30(19-35)28(38)32-29(39)33-30)31-27(37)21-12-10-20(11-13-21)16-34-14-15-43(40,41)24-9-5-4-8-23(24)34/h1-13,25,40-41H,14-19H2,(H,31,37)(H2,32,33,38,39). The van der Waals surface area contributed by atoms with E-state index in [9.17, 15) is 28.3 Å². The minimum absolute atomic E-state index is 0.00205. The van der Waals surface area contributed by atoms with Crippen molar-refractivity contribution >= 4 is 40.0 Å². The van der Waals surface area contributed by atoms with E-state index in [1.54, 1.807) is 48.5 Å². The Labute approximate surface area is 249 Å². The van der Waals surface area contributed by atoms with Gasteiger partial charge in [-0.3, -0.25) is 28.8 Å². The Morgan fingerprint density at radius 1 is 1.00 bits per heavy atom. The summed E-state index contributed by atoms with van der Waals surface area (Å²) in [4.78, 5) is 55.3. The van der Waals surface area contributed by atoms with Crippen molar-refractivity contribution in [2.24, 2.45) is 0 Å². The highest BCUT2D eigenvalue weighted by Crippen LogP contribution is 2.55. The smallest absolute Gasteiger partial charge is 0.322 e. The molecule has 5 amide bonds. The van der Waals surface area contributed by atoms with Crippen LogP contribution in [0, 0.1) is 0 Å². The highest BCUT2D eigenvalue weighted by atomic mass is 32.3. The number of urea groups is 1. The number of benzene rings is 3. The average Bonchev–Trinajstić information content (AvgIpc) is 3.51. The molecule has 1 spiro atoms. The predicted octanol–water partition coefficient (Wildman–Crippen LogP) is 2.41. The van der Waals surface area contributed by atoms with Crippen molar-refractivity contribution in [3.8, 4) is 5.75 Å². The number of imide groups is 1. The molecule has 12 nitrogen and oxygen atoms in total. The molecule has 3 aliphatic rings. The molecule has 0 radical (unpaired) electrons. The maximum atomic E-state index is 13.3. The number of carbonyl (C=O) groups excluding carboxylic acids is 4. The molecule has 2 saturated heterocycles. The zero-order chi connectivity index (χ0) is 30.2. The number of anilines is 1. The van der Waals surface area contributed by atoms with Gasteiger partial charge in [0.1, 0.15) is 5.75 Å². The van der Waals surface area contributed by atoms with Crippen molar-refractivity contribution in [1.82, 2.24) is 20.9 Å². The Morgan fingerprint density at radius 2 is 1.72 bits per heavy atom. The number of likely N-dealkylation sites (tertiary alicyclic amines) is 1. The van der Waals surface area contributed by atoms with Gasteiger partial charge >= 0.3 is 6.03 Å². The molecule has 0 saturated carbocycles. The highest BCUT2D eigenvalue weighted by molar-refractivity contribution is 8.24. The van der Waals surface area contributed by atoms with Crippen molar-refractivity contribution in [2.45, 2.75) is 23.0 Å². The molecular formula is C30H31N5O7S. The van der Waals surface area contributed by atoms with Crippen molar-refractivity contribution in [3.05, 3.63) is 90.0 Å². The minimum atomic E-state index is -2.82. The fraction of sp³-hybridized carbons (Fsp3) is 0.267. The lowest BCUT2D eigenvalue weighted by molar-refractivity contribution is -0.132. The first kappa shape index (κ1) is 28.5. The monoisotopic (exact) mass is 605 g/mol. The van der Waals surface area contributed by atoms with Gasteiger partial charge in [0.25, 0.3) is 17.7 Å². The molecule has 0 aliphatic carbocycles. The maximum absolute atomic E-state index is 13.3. The molecule has 13 heteroatoms. The normalized spacial score (nSPS) is 22.9. The fourth-order valence-corrected chi connectivity index (χ4v) is 7.20. The minimum Gasteiger partial charge on any atom is -0.484 e. The second-order valence-electron chi connectivity index (χ2n) is 10.7. The van der Waals surface area contributed by atoms with E-state index in [0.29, 0.717) is 29.3 Å². The van der Waals surface area contributed by atoms with Crippen LogP contribution in [0.25, 0.3) is 0 Å². The molecular weight excluding hydrogens is 574 g/mol. The largest absolute Gasteiger partial charge is 0.484 e. The lowest BCUT2D eigenvalue weighted by atomic mass is 9.93. The van der Waals surface area contributed by atoms with Gasteiger partial charge in [-0.05, 0) is 42.0 Å².